The highest BCUT2D eigenvalue weighted by atomic mass is 127. The average Bonchev–Trinajstić information content (AvgIpc) is 2.66. The number of pyridine rings is 1. The standard InChI is InChI=1S/C21H30N4O.HI/c1-17(19-11-5-4-6-12-19)16-24-21(22-3)23-14-7-8-15-25-18(2)10-9-13-20(25)26;/h4-6,9-13,17H,7-8,14-16H2,1-3H3,(H2,22,23,24);1H. The molecule has 0 saturated carbocycles. The minimum Gasteiger partial charge on any atom is -0.356 e. The van der Waals surface area contributed by atoms with E-state index in [0.29, 0.717) is 5.92 Å². The first-order valence-corrected chi connectivity index (χ1v) is 9.27. The second-order valence-corrected chi connectivity index (χ2v) is 6.56. The van der Waals surface area contributed by atoms with Crippen LogP contribution in [0.15, 0.2) is 58.3 Å². The Labute approximate surface area is 179 Å². The van der Waals surface area contributed by atoms with E-state index in [9.17, 15) is 4.79 Å². The van der Waals surface area contributed by atoms with E-state index in [1.54, 1.807) is 13.1 Å². The maximum Gasteiger partial charge on any atom is 0.250 e. The summed E-state index contributed by atoms with van der Waals surface area (Å²) in [6.07, 6.45) is 1.94. The van der Waals surface area contributed by atoms with Crippen molar-refractivity contribution in [3.63, 3.8) is 0 Å². The average molecular weight is 482 g/mol. The first kappa shape index (κ1) is 23.2. The highest BCUT2D eigenvalue weighted by Crippen LogP contribution is 2.12. The van der Waals surface area contributed by atoms with Gasteiger partial charge >= 0.3 is 0 Å². The number of benzene rings is 1. The molecule has 148 valence electrons. The molecule has 0 spiro atoms. The monoisotopic (exact) mass is 482 g/mol. The predicted molar refractivity (Wildman–Crippen MR) is 124 cm³/mol. The largest absolute Gasteiger partial charge is 0.356 e. The zero-order valence-corrected chi connectivity index (χ0v) is 18.8. The number of nitrogens with one attached hydrogen (secondary N) is 2. The lowest BCUT2D eigenvalue weighted by Gasteiger charge is -2.16. The molecule has 6 heteroatoms. The van der Waals surface area contributed by atoms with Gasteiger partial charge in [-0.3, -0.25) is 9.79 Å². The molecule has 1 aromatic heterocycles. The molecule has 2 N–H and O–H groups in total. The highest BCUT2D eigenvalue weighted by Gasteiger charge is 2.06. The van der Waals surface area contributed by atoms with Gasteiger partial charge in [-0.2, -0.15) is 0 Å². The summed E-state index contributed by atoms with van der Waals surface area (Å²) in [6, 6.07) is 15.9. The maximum atomic E-state index is 11.8. The molecule has 0 amide bonds. The van der Waals surface area contributed by atoms with Crippen molar-refractivity contribution in [1.29, 1.82) is 0 Å². The van der Waals surface area contributed by atoms with E-state index in [0.717, 1.165) is 44.1 Å². The number of guanidine groups is 1. The van der Waals surface area contributed by atoms with Crippen LogP contribution in [-0.4, -0.2) is 30.7 Å². The van der Waals surface area contributed by atoms with Crippen LogP contribution in [0.4, 0.5) is 0 Å². The van der Waals surface area contributed by atoms with Gasteiger partial charge in [0.05, 0.1) is 0 Å². The van der Waals surface area contributed by atoms with E-state index in [1.165, 1.54) is 5.56 Å². The fraction of sp³-hybridized carbons (Fsp3) is 0.429. The van der Waals surface area contributed by atoms with Crippen LogP contribution in [0.1, 0.15) is 36.9 Å². The molecular formula is C21H31IN4O. The number of unbranched alkanes of at least 4 members (excludes halogenated alkanes) is 1. The summed E-state index contributed by atoms with van der Waals surface area (Å²) in [7, 11) is 1.79. The van der Waals surface area contributed by atoms with Gasteiger partial charge in [0, 0.05) is 38.4 Å². The molecule has 0 saturated heterocycles. The Hall–Kier alpha value is -1.83. The third-order valence-electron chi connectivity index (χ3n) is 4.54. The summed E-state index contributed by atoms with van der Waals surface area (Å²) in [5.41, 5.74) is 2.40. The molecule has 1 atom stereocenters. The van der Waals surface area contributed by atoms with E-state index in [2.05, 4.69) is 46.8 Å². The minimum atomic E-state index is 0. The van der Waals surface area contributed by atoms with Crippen LogP contribution in [0.5, 0.6) is 0 Å². The minimum absolute atomic E-state index is 0. The van der Waals surface area contributed by atoms with Crippen LogP contribution >= 0.6 is 24.0 Å². The van der Waals surface area contributed by atoms with Gasteiger partial charge in [-0.05, 0) is 37.3 Å². The molecule has 1 unspecified atom stereocenters. The second kappa shape index (κ2) is 12.5. The lowest BCUT2D eigenvalue weighted by atomic mass is 10.0. The van der Waals surface area contributed by atoms with Gasteiger partial charge in [-0.15, -0.1) is 24.0 Å². The molecule has 0 radical (unpaired) electrons. The number of hydrogen-bond donors (Lipinski definition) is 2. The van der Waals surface area contributed by atoms with Crippen molar-refractivity contribution in [2.75, 3.05) is 20.1 Å². The predicted octanol–water partition coefficient (Wildman–Crippen LogP) is 3.52. The zero-order valence-electron chi connectivity index (χ0n) is 16.4. The van der Waals surface area contributed by atoms with E-state index < -0.39 is 0 Å². The van der Waals surface area contributed by atoms with Gasteiger partial charge in [0.25, 0.3) is 5.56 Å². The SMILES string of the molecule is CN=C(NCCCCn1c(C)cccc1=O)NCC(C)c1ccccc1.I. The Bertz CT molecular complexity index is 758. The molecule has 0 bridgehead atoms. The summed E-state index contributed by atoms with van der Waals surface area (Å²) in [4.78, 5) is 16.1. The molecular weight excluding hydrogens is 451 g/mol. The lowest BCUT2D eigenvalue weighted by molar-refractivity contribution is 0.574. The summed E-state index contributed by atoms with van der Waals surface area (Å²) in [5.74, 6) is 1.24. The molecule has 0 fully saturated rings. The summed E-state index contributed by atoms with van der Waals surface area (Å²) in [5, 5.41) is 6.72. The number of aryl methyl sites for hydroxylation is 1. The van der Waals surface area contributed by atoms with E-state index in [-0.39, 0.29) is 29.5 Å². The van der Waals surface area contributed by atoms with Crippen LogP contribution in [0, 0.1) is 6.92 Å². The molecule has 0 aliphatic heterocycles. The summed E-state index contributed by atoms with van der Waals surface area (Å²) < 4.78 is 1.83. The molecule has 2 aromatic rings. The van der Waals surface area contributed by atoms with Crippen molar-refractivity contribution in [3.05, 3.63) is 70.1 Å². The van der Waals surface area contributed by atoms with Crippen molar-refractivity contribution in [2.45, 2.75) is 39.2 Å². The first-order valence-electron chi connectivity index (χ1n) is 9.27. The van der Waals surface area contributed by atoms with Crippen molar-refractivity contribution < 1.29 is 0 Å². The topological polar surface area (TPSA) is 58.4 Å². The Balaban J connectivity index is 0.00000364. The van der Waals surface area contributed by atoms with Crippen molar-refractivity contribution >= 4 is 29.9 Å². The lowest BCUT2D eigenvalue weighted by Crippen LogP contribution is -2.39. The Morgan fingerprint density at radius 1 is 1.07 bits per heavy atom. The Kier molecular flexibility index (Phi) is 10.8. The molecule has 27 heavy (non-hydrogen) atoms. The molecule has 1 heterocycles. The van der Waals surface area contributed by atoms with Gasteiger partial charge < -0.3 is 15.2 Å². The quantitative estimate of drug-likeness (QED) is 0.262. The third-order valence-corrected chi connectivity index (χ3v) is 4.54. The summed E-state index contributed by atoms with van der Waals surface area (Å²) >= 11 is 0. The van der Waals surface area contributed by atoms with Crippen molar-refractivity contribution in [2.24, 2.45) is 4.99 Å². The number of aliphatic imine (C=N–C) groups is 1. The van der Waals surface area contributed by atoms with Crippen LogP contribution in [0.25, 0.3) is 0 Å². The number of aromatic nitrogens is 1. The summed E-state index contributed by atoms with van der Waals surface area (Å²) in [6.45, 7) is 6.60. The van der Waals surface area contributed by atoms with E-state index >= 15 is 0 Å². The smallest absolute Gasteiger partial charge is 0.250 e. The maximum absolute atomic E-state index is 11.8. The van der Waals surface area contributed by atoms with Crippen molar-refractivity contribution in [3.8, 4) is 0 Å². The van der Waals surface area contributed by atoms with Crippen LogP contribution < -0.4 is 16.2 Å². The Morgan fingerprint density at radius 3 is 2.48 bits per heavy atom. The number of nitrogens with zero attached hydrogens (tertiary/aromatic N) is 2. The molecule has 1 aromatic carbocycles. The third kappa shape index (κ3) is 7.74. The van der Waals surface area contributed by atoms with Gasteiger partial charge in [0.15, 0.2) is 5.96 Å². The van der Waals surface area contributed by atoms with Crippen LogP contribution in [-0.2, 0) is 6.54 Å². The fourth-order valence-electron chi connectivity index (χ4n) is 2.88. The van der Waals surface area contributed by atoms with E-state index in [1.807, 2.05) is 29.7 Å². The highest BCUT2D eigenvalue weighted by molar-refractivity contribution is 14.0. The first-order chi connectivity index (χ1) is 12.6. The molecule has 0 aliphatic carbocycles. The van der Waals surface area contributed by atoms with Gasteiger partial charge in [0.2, 0.25) is 0 Å². The molecule has 2 rings (SSSR count). The van der Waals surface area contributed by atoms with Crippen LogP contribution in [0.3, 0.4) is 0 Å². The molecule has 5 nitrogen and oxygen atoms in total. The Morgan fingerprint density at radius 2 is 1.81 bits per heavy atom. The number of halogens is 1. The number of hydrogen-bond acceptors (Lipinski definition) is 2. The van der Waals surface area contributed by atoms with Gasteiger partial charge in [-0.1, -0.05) is 43.3 Å². The normalized spacial score (nSPS) is 12.2. The van der Waals surface area contributed by atoms with E-state index in [4.69, 9.17) is 0 Å². The zero-order chi connectivity index (χ0) is 18.8. The van der Waals surface area contributed by atoms with Crippen molar-refractivity contribution in [1.82, 2.24) is 15.2 Å². The van der Waals surface area contributed by atoms with Gasteiger partial charge in [-0.25, -0.2) is 0 Å². The fourth-order valence-corrected chi connectivity index (χ4v) is 2.88. The van der Waals surface area contributed by atoms with Gasteiger partial charge in [0.1, 0.15) is 0 Å². The van der Waals surface area contributed by atoms with Crippen LogP contribution in [0.2, 0.25) is 0 Å². The number of rotatable bonds is 8. The second-order valence-electron chi connectivity index (χ2n) is 6.56. The molecule has 0 aliphatic rings.